The number of hydrogen-bond acceptors (Lipinski definition) is 27. The predicted octanol–water partition coefficient (Wildman–Crippen LogP) is 3.06. The minimum Gasteiger partial charge on any atom is -0.458 e. The van der Waals surface area contributed by atoms with Crippen LogP contribution in [0.25, 0.3) is 0 Å². The van der Waals surface area contributed by atoms with Gasteiger partial charge in [0.1, 0.15) is 60.8 Å². The first-order valence-corrected chi connectivity index (χ1v) is 35.9. The molecule has 0 spiro atoms. The Morgan fingerprint density at radius 2 is 0.922 bits per heavy atom. The van der Waals surface area contributed by atoms with Gasteiger partial charge in [0, 0.05) is 25.8 Å². The minimum absolute atomic E-state index is 0.0200. The maximum atomic E-state index is 12.6. The normalized spacial score (nSPS) is 34.6. The Bertz CT molecular complexity index is 3810. The predicted molar refractivity (Wildman–Crippen MR) is 370 cm³/mol. The second kappa shape index (κ2) is 30.5. The lowest BCUT2D eigenvalue weighted by atomic mass is 10.1. The number of esters is 1. The fraction of sp³-hybridized carbons (Fsp3) is 0.535. The van der Waals surface area contributed by atoms with Crippen LogP contribution in [0.4, 0.5) is 5.82 Å². The topological polar surface area (TPSA) is 419 Å². The molecule has 3 aromatic carbocycles. The molecule has 0 bridgehead atoms. The van der Waals surface area contributed by atoms with E-state index in [1.54, 1.807) is 111 Å². The average Bonchev–Trinajstić information content (AvgIpc) is 1.59. The SMILES string of the molecule is CC(=O)O[C@H]1C=C[C@@H](O)C1.CC1(C)O[C@@H]2[C@H](O1)[C@@H](O)C[C@H]2N.CC1(C)O[C@@H]2[C@H](O1)[C@@H](O)C[C@H]2N1C(=O)c2ccccc2C1=O.CSc1nc(C)c(I)c(N[C@@H]2C[C@H](O)[C@H]3OC(C)(C)O[C@H]32)n1.O=C1c2ccccc2C(=O)N1[C@@H]1C[C@H](O)[C@@H](O)[C@H]1O.O=C1c2ccccc2C(=O)N1[C@H]1C=C[C@@H](O)C1. The molecule has 0 radical (unpaired) electrons. The van der Waals surface area contributed by atoms with Crippen LogP contribution in [0.2, 0.25) is 0 Å². The number of imide groups is 3. The molecule has 6 aliphatic heterocycles. The monoisotopic (exact) mass is 1550 g/mol. The fourth-order valence-electron chi connectivity index (χ4n) is 14.7. The zero-order chi connectivity index (χ0) is 73.9. The van der Waals surface area contributed by atoms with Crippen LogP contribution in [-0.2, 0) is 38.0 Å². The molecule has 11 N–H and O–H groups in total. The van der Waals surface area contributed by atoms with Gasteiger partial charge in [-0.1, -0.05) is 66.4 Å². The number of carbonyl (C=O) groups excluding carboxylic acids is 7. The number of fused-ring (bicyclic) bond motifs is 6. The third-order valence-corrected chi connectivity index (χ3v) is 21.1. The smallest absolute Gasteiger partial charge is 0.303 e. The third kappa shape index (κ3) is 15.8. The standard InChI is InChI=1S/C16H17NO5.C14H20IN3O3S.C13H13NO5.C13H11NO3.C8H15NO3.C7H10O3/c1-16(2)21-12-10(7-11(18)13(12)22-16)17-14(19)8-5-3-4-6-9(8)15(17)20;1-6-9(15)12(18-13(16-6)22-4)17-7-5-8(19)11-10(7)20-14(2,3)21-11;15-9-5-8(10(16)11(9)17)14-12(18)6-3-1-2-4-7(6)13(14)19;15-9-6-5-8(7-9)14-12(16)10-3-1-2-4-11(10)13(14)17;1-8(2)11-6-4(9)3-5(10)7(6)12-8;1-5(8)10-7-3-2-6(9)4-7/h3-6,10-13,18H,7H2,1-2H3;7-8,10-11,19H,5H2,1-4H3,(H,16,17,18);1-4,8-11,15-17H,5H2;1-6,8-9,15H,7H2;4-7,10H,3,9H2,1-2H3;2-3,6-7,9H,4H2,1H3/t10-,11+,12+,13-;7-,8+,10+,11-;8-,9+,10+,11-;8-,9+;4-,5+,6+,7-;6-,7+/m111011/s1. The van der Waals surface area contributed by atoms with E-state index in [9.17, 15) is 69.3 Å². The van der Waals surface area contributed by atoms with Crippen molar-refractivity contribution in [1.29, 1.82) is 0 Å². The fourth-order valence-corrected chi connectivity index (χ4v) is 15.5. The van der Waals surface area contributed by atoms with Crippen LogP contribution in [0.15, 0.2) is 102 Å². The lowest BCUT2D eigenvalue weighted by Gasteiger charge is -2.27. The molecule has 31 heteroatoms. The molecule has 7 heterocycles. The summed E-state index contributed by atoms with van der Waals surface area (Å²) in [4.78, 5) is 96.4. The number of amides is 6. The van der Waals surface area contributed by atoms with E-state index in [1.165, 1.54) is 28.5 Å². The number of nitrogens with one attached hydrogen (secondary N) is 1. The van der Waals surface area contributed by atoms with Crippen molar-refractivity contribution in [1.82, 2.24) is 24.7 Å². The number of benzene rings is 3. The van der Waals surface area contributed by atoms with E-state index in [2.05, 4.69) is 37.9 Å². The summed E-state index contributed by atoms with van der Waals surface area (Å²) in [5.41, 5.74) is 9.00. The van der Waals surface area contributed by atoms with Gasteiger partial charge in [-0.3, -0.25) is 48.3 Å². The number of aliphatic hydroxyl groups excluding tert-OH is 8. The molecule has 3 saturated heterocycles. The van der Waals surface area contributed by atoms with E-state index in [-0.39, 0.29) is 102 Å². The molecular formula is C71H86IN7O22S. The summed E-state index contributed by atoms with van der Waals surface area (Å²) < 4.78 is 40.1. The Labute approximate surface area is 605 Å². The number of anilines is 1. The quantitative estimate of drug-likeness (QED) is 0.0317. The van der Waals surface area contributed by atoms with Gasteiger partial charge in [-0.25, -0.2) is 9.97 Å². The molecule has 102 heavy (non-hydrogen) atoms. The Hall–Kier alpha value is -6.61. The van der Waals surface area contributed by atoms with Crippen LogP contribution in [0.3, 0.4) is 0 Å². The summed E-state index contributed by atoms with van der Waals surface area (Å²) in [6, 6.07) is 18.1. The Morgan fingerprint density at radius 1 is 0.520 bits per heavy atom. The molecule has 0 unspecified atom stereocenters. The summed E-state index contributed by atoms with van der Waals surface area (Å²) in [6.45, 7) is 14.3. The first-order chi connectivity index (χ1) is 48.1. The molecule has 4 saturated carbocycles. The molecule has 6 aliphatic carbocycles. The van der Waals surface area contributed by atoms with Gasteiger partial charge in [-0.15, -0.1) is 0 Å². The van der Waals surface area contributed by atoms with Crippen LogP contribution in [0, 0.1) is 10.5 Å². The van der Waals surface area contributed by atoms with Gasteiger partial charge in [0.2, 0.25) is 0 Å². The van der Waals surface area contributed by atoms with Crippen LogP contribution in [0.1, 0.15) is 155 Å². The Morgan fingerprint density at radius 3 is 1.35 bits per heavy atom. The highest BCUT2D eigenvalue weighted by molar-refractivity contribution is 14.1. The number of hydrogen-bond donors (Lipinski definition) is 10. The molecule has 7 fully saturated rings. The van der Waals surface area contributed by atoms with E-state index < -0.39 is 102 Å². The van der Waals surface area contributed by atoms with Gasteiger partial charge in [0.05, 0.1) is 103 Å². The molecular weight excluding hydrogens is 1460 g/mol. The maximum absolute atomic E-state index is 12.6. The number of aromatic nitrogens is 2. The van der Waals surface area contributed by atoms with Crippen LogP contribution in [-0.4, -0.2) is 252 Å². The van der Waals surface area contributed by atoms with Crippen molar-refractivity contribution >= 4 is 81.6 Å². The summed E-state index contributed by atoms with van der Waals surface area (Å²) in [5, 5.41) is 81.4. The van der Waals surface area contributed by atoms with Gasteiger partial charge in [0.25, 0.3) is 35.4 Å². The molecule has 4 aromatic rings. The van der Waals surface area contributed by atoms with E-state index in [0.29, 0.717) is 47.9 Å². The van der Waals surface area contributed by atoms with Crippen molar-refractivity contribution in [3.05, 3.63) is 140 Å². The van der Waals surface area contributed by atoms with Crippen molar-refractivity contribution in [3.63, 3.8) is 0 Å². The summed E-state index contributed by atoms with van der Waals surface area (Å²) in [5.74, 6) is -3.76. The van der Waals surface area contributed by atoms with Gasteiger partial charge in [0.15, 0.2) is 22.5 Å². The van der Waals surface area contributed by atoms with Crippen molar-refractivity contribution in [3.8, 4) is 0 Å². The Balaban J connectivity index is 0.000000125. The van der Waals surface area contributed by atoms with E-state index >= 15 is 0 Å². The largest absolute Gasteiger partial charge is 0.458 e. The number of nitrogens with zero attached hydrogens (tertiary/aromatic N) is 5. The van der Waals surface area contributed by atoms with Crippen LogP contribution in [0.5, 0.6) is 0 Å². The lowest BCUT2D eigenvalue weighted by Crippen LogP contribution is -2.46. The summed E-state index contributed by atoms with van der Waals surface area (Å²) in [6.07, 6.45) is 2.36. The number of aryl methyl sites for hydroxylation is 1. The van der Waals surface area contributed by atoms with Gasteiger partial charge >= 0.3 is 5.97 Å². The Kier molecular flexibility index (Phi) is 22.9. The van der Waals surface area contributed by atoms with E-state index in [4.69, 9.17) is 44.0 Å². The molecule has 6 amide bonds. The highest BCUT2D eigenvalue weighted by Crippen LogP contribution is 2.44. The van der Waals surface area contributed by atoms with Crippen molar-refractivity contribution in [2.24, 2.45) is 5.73 Å². The number of ether oxygens (including phenoxy) is 7. The number of nitrogens with two attached hydrogens (primary N) is 1. The zero-order valence-corrected chi connectivity index (χ0v) is 60.4. The maximum Gasteiger partial charge on any atom is 0.303 e. The minimum atomic E-state index is -1.34. The van der Waals surface area contributed by atoms with Crippen LogP contribution >= 0.6 is 34.4 Å². The molecule has 29 nitrogen and oxygen atoms in total. The average molecular weight is 1550 g/mol. The first-order valence-electron chi connectivity index (χ1n) is 33.6. The third-order valence-electron chi connectivity index (χ3n) is 19.3. The van der Waals surface area contributed by atoms with E-state index in [0.717, 1.165) is 25.1 Å². The van der Waals surface area contributed by atoms with E-state index in [1.807, 2.05) is 40.9 Å². The van der Waals surface area contributed by atoms with Gasteiger partial charge < -0.3 is 85.1 Å². The van der Waals surface area contributed by atoms with Crippen molar-refractivity contribution < 1.29 is 108 Å². The molecule has 20 atom stereocenters. The number of carbonyl (C=O) groups is 7. The molecule has 16 rings (SSSR count). The number of rotatable bonds is 7. The lowest BCUT2D eigenvalue weighted by molar-refractivity contribution is -0.166. The molecule has 12 aliphatic rings. The molecule has 1 aromatic heterocycles. The zero-order valence-electron chi connectivity index (χ0n) is 57.4. The van der Waals surface area contributed by atoms with Gasteiger partial charge in [-0.05, 0) is 145 Å². The summed E-state index contributed by atoms with van der Waals surface area (Å²) in [7, 11) is 0. The number of thioether (sulfide) groups is 1. The van der Waals surface area contributed by atoms with Crippen molar-refractivity contribution in [2.45, 2.75) is 238 Å². The summed E-state index contributed by atoms with van der Waals surface area (Å²) >= 11 is 3.76. The highest BCUT2D eigenvalue weighted by atomic mass is 127. The van der Waals surface area contributed by atoms with Crippen LogP contribution < -0.4 is 11.1 Å². The molecule has 550 valence electrons. The second-order valence-electron chi connectivity index (χ2n) is 28.1. The number of aliphatic hydroxyl groups is 8. The number of halogens is 1. The first kappa shape index (κ1) is 76.5. The second-order valence-corrected chi connectivity index (χ2v) is 29.9. The van der Waals surface area contributed by atoms with Gasteiger partial charge in [-0.2, -0.15) is 0 Å². The highest BCUT2D eigenvalue weighted by Gasteiger charge is 2.59. The van der Waals surface area contributed by atoms with Crippen molar-refractivity contribution in [2.75, 3.05) is 11.6 Å².